The smallest absolute Gasteiger partial charge is 0.311 e. The molecule has 0 saturated carbocycles. The Morgan fingerprint density at radius 2 is 2.00 bits per heavy atom. The molecule has 2 atom stereocenters. The van der Waals surface area contributed by atoms with Crippen LogP contribution in [0.2, 0.25) is 0 Å². The molecule has 0 aliphatic rings. The number of aliphatic hydroxyl groups is 2. The molecule has 0 aromatic heterocycles. The molecule has 0 spiro atoms. The molecular weight excluding hydrogens is 220 g/mol. The van der Waals surface area contributed by atoms with E-state index in [1.807, 2.05) is 13.8 Å². The molecule has 2 N–H and O–H groups in total. The zero-order chi connectivity index (χ0) is 13.5. The van der Waals surface area contributed by atoms with E-state index in [2.05, 4.69) is 13.8 Å². The van der Waals surface area contributed by atoms with Crippen LogP contribution in [-0.4, -0.2) is 35.5 Å². The number of esters is 1. The largest absolute Gasteiger partial charge is 0.462 e. The van der Waals surface area contributed by atoms with Gasteiger partial charge in [-0.15, -0.1) is 0 Å². The lowest BCUT2D eigenvalue weighted by atomic mass is 9.81. The van der Waals surface area contributed by atoms with Crippen LogP contribution in [0, 0.1) is 11.3 Å². The van der Waals surface area contributed by atoms with E-state index in [0.29, 0.717) is 12.3 Å². The number of aliphatic hydroxyl groups excluding tert-OH is 2. The Bertz CT molecular complexity index is 227. The summed E-state index contributed by atoms with van der Waals surface area (Å²) in [7, 11) is 0. The molecule has 0 aliphatic carbocycles. The summed E-state index contributed by atoms with van der Waals surface area (Å²) >= 11 is 0. The maximum atomic E-state index is 11.9. The van der Waals surface area contributed by atoms with Crippen LogP contribution in [0.1, 0.15) is 47.0 Å². The topological polar surface area (TPSA) is 66.8 Å². The van der Waals surface area contributed by atoms with Gasteiger partial charge in [0.25, 0.3) is 0 Å². The van der Waals surface area contributed by atoms with Crippen LogP contribution in [0.25, 0.3) is 0 Å². The molecule has 0 aliphatic heterocycles. The van der Waals surface area contributed by atoms with E-state index in [-0.39, 0.29) is 19.2 Å². The zero-order valence-corrected chi connectivity index (χ0v) is 11.4. The van der Waals surface area contributed by atoms with Crippen LogP contribution in [0.5, 0.6) is 0 Å². The molecule has 0 aromatic rings. The molecule has 0 aromatic carbocycles. The standard InChI is InChI=1S/C13H26O4/c1-5-13(4,7-6-10(2)3)12(16)17-9-11(15)8-14/h10-11,14-15H,5-9H2,1-4H3. The molecule has 0 fully saturated rings. The number of carbonyl (C=O) groups is 1. The van der Waals surface area contributed by atoms with E-state index in [9.17, 15) is 4.79 Å². The van der Waals surface area contributed by atoms with Crippen LogP contribution in [0.15, 0.2) is 0 Å². The first-order valence-corrected chi connectivity index (χ1v) is 6.32. The first-order chi connectivity index (χ1) is 7.85. The minimum atomic E-state index is -0.981. The summed E-state index contributed by atoms with van der Waals surface area (Å²) < 4.78 is 5.03. The van der Waals surface area contributed by atoms with E-state index in [4.69, 9.17) is 14.9 Å². The first-order valence-electron chi connectivity index (χ1n) is 6.32. The lowest BCUT2D eigenvalue weighted by molar-refractivity contribution is -0.159. The van der Waals surface area contributed by atoms with Gasteiger partial charge >= 0.3 is 5.97 Å². The highest BCUT2D eigenvalue weighted by molar-refractivity contribution is 5.76. The monoisotopic (exact) mass is 246 g/mol. The van der Waals surface area contributed by atoms with Gasteiger partial charge < -0.3 is 14.9 Å². The Hall–Kier alpha value is -0.610. The van der Waals surface area contributed by atoms with Gasteiger partial charge in [-0.05, 0) is 32.1 Å². The van der Waals surface area contributed by atoms with E-state index in [1.165, 1.54) is 0 Å². The fourth-order valence-electron chi connectivity index (χ4n) is 1.43. The SMILES string of the molecule is CCC(C)(CCC(C)C)C(=O)OCC(O)CO. The Kier molecular flexibility index (Phi) is 7.39. The second-order valence-electron chi connectivity index (χ2n) is 5.28. The Balaban J connectivity index is 4.26. The lowest BCUT2D eigenvalue weighted by Gasteiger charge is -2.27. The van der Waals surface area contributed by atoms with Gasteiger partial charge in [-0.1, -0.05) is 20.8 Å². The molecule has 17 heavy (non-hydrogen) atoms. The number of carbonyl (C=O) groups excluding carboxylic acids is 1. The van der Waals surface area contributed by atoms with Gasteiger partial charge in [-0.2, -0.15) is 0 Å². The van der Waals surface area contributed by atoms with E-state index in [1.54, 1.807) is 0 Å². The van der Waals surface area contributed by atoms with Crippen molar-refractivity contribution in [3.8, 4) is 0 Å². The summed E-state index contributed by atoms with van der Waals surface area (Å²) in [6.07, 6.45) is 1.50. The summed E-state index contributed by atoms with van der Waals surface area (Å²) in [6, 6.07) is 0. The van der Waals surface area contributed by atoms with Gasteiger partial charge in [0.2, 0.25) is 0 Å². The Labute approximate surface area is 104 Å². The van der Waals surface area contributed by atoms with Gasteiger partial charge in [0.15, 0.2) is 0 Å². The molecule has 4 heteroatoms. The van der Waals surface area contributed by atoms with Crippen molar-refractivity contribution in [1.29, 1.82) is 0 Å². The number of ether oxygens (including phenoxy) is 1. The normalized spacial score (nSPS) is 16.6. The fourth-order valence-corrected chi connectivity index (χ4v) is 1.43. The third-order valence-corrected chi connectivity index (χ3v) is 3.16. The summed E-state index contributed by atoms with van der Waals surface area (Å²) in [5.74, 6) is 0.268. The molecule has 0 heterocycles. The van der Waals surface area contributed by atoms with Crippen LogP contribution in [0.3, 0.4) is 0 Å². The van der Waals surface area contributed by atoms with Crippen LogP contribution in [-0.2, 0) is 9.53 Å². The second-order valence-corrected chi connectivity index (χ2v) is 5.28. The molecule has 0 amide bonds. The number of rotatable bonds is 8. The zero-order valence-electron chi connectivity index (χ0n) is 11.4. The van der Waals surface area contributed by atoms with Crippen molar-refractivity contribution >= 4 is 5.97 Å². The van der Waals surface area contributed by atoms with Crippen LogP contribution >= 0.6 is 0 Å². The summed E-state index contributed by atoms with van der Waals surface area (Å²) in [5, 5.41) is 17.8. The third kappa shape index (κ3) is 6.03. The Morgan fingerprint density at radius 1 is 1.41 bits per heavy atom. The fraction of sp³-hybridized carbons (Fsp3) is 0.923. The van der Waals surface area contributed by atoms with Crippen molar-refractivity contribution in [2.75, 3.05) is 13.2 Å². The highest BCUT2D eigenvalue weighted by atomic mass is 16.5. The first kappa shape index (κ1) is 16.4. The molecule has 0 rings (SSSR count). The molecule has 0 radical (unpaired) electrons. The van der Waals surface area contributed by atoms with Crippen molar-refractivity contribution in [2.24, 2.45) is 11.3 Å². The lowest BCUT2D eigenvalue weighted by Crippen LogP contribution is -2.32. The van der Waals surface area contributed by atoms with Crippen molar-refractivity contribution in [3.63, 3.8) is 0 Å². The van der Waals surface area contributed by atoms with E-state index in [0.717, 1.165) is 12.8 Å². The molecule has 0 bridgehead atoms. The molecule has 4 nitrogen and oxygen atoms in total. The highest BCUT2D eigenvalue weighted by Crippen LogP contribution is 2.30. The van der Waals surface area contributed by atoms with Crippen molar-refractivity contribution in [1.82, 2.24) is 0 Å². The second kappa shape index (κ2) is 7.67. The van der Waals surface area contributed by atoms with Crippen LogP contribution < -0.4 is 0 Å². The van der Waals surface area contributed by atoms with Crippen molar-refractivity contribution < 1.29 is 19.7 Å². The predicted octanol–water partition coefficient (Wildman–Crippen LogP) is 1.74. The average molecular weight is 246 g/mol. The summed E-state index contributed by atoms with van der Waals surface area (Å²) in [4.78, 5) is 11.9. The molecule has 2 unspecified atom stereocenters. The van der Waals surface area contributed by atoms with Gasteiger partial charge in [-0.25, -0.2) is 0 Å². The third-order valence-electron chi connectivity index (χ3n) is 3.16. The van der Waals surface area contributed by atoms with Crippen molar-refractivity contribution in [3.05, 3.63) is 0 Å². The summed E-state index contributed by atoms with van der Waals surface area (Å²) in [6.45, 7) is 7.58. The molecular formula is C13H26O4. The maximum absolute atomic E-state index is 11.9. The minimum Gasteiger partial charge on any atom is -0.462 e. The van der Waals surface area contributed by atoms with Gasteiger partial charge in [0.05, 0.1) is 12.0 Å². The minimum absolute atomic E-state index is 0.132. The number of hydrogen-bond acceptors (Lipinski definition) is 4. The van der Waals surface area contributed by atoms with E-state index >= 15 is 0 Å². The quantitative estimate of drug-likeness (QED) is 0.640. The van der Waals surface area contributed by atoms with Gasteiger partial charge in [0.1, 0.15) is 12.7 Å². The van der Waals surface area contributed by atoms with Gasteiger partial charge in [-0.3, -0.25) is 4.79 Å². The molecule has 0 saturated heterocycles. The number of hydrogen-bond donors (Lipinski definition) is 2. The maximum Gasteiger partial charge on any atom is 0.311 e. The average Bonchev–Trinajstić information content (AvgIpc) is 2.32. The molecule has 102 valence electrons. The van der Waals surface area contributed by atoms with Crippen molar-refractivity contribution in [2.45, 2.75) is 53.1 Å². The predicted molar refractivity (Wildman–Crippen MR) is 66.5 cm³/mol. The summed E-state index contributed by atoms with van der Waals surface area (Å²) in [5.41, 5.74) is -0.487. The van der Waals surface area contributed by atoms with E-state index < -0.39 is 11.5 Å². The Morgan fingerprint density at radius 3 is 2.41 bits per heavy atom. The van der Waals surface area contributed by atoms with Crippen LogP contribution in [0.4, 0.5) is 0 Å². The van der Waals surface area contributed by atoms with Gasteiger partial charge in [0, 0.05) is 0 Å². The highest BCUT2D eigenvalue weighted by Gasteiger charge is 2.33.